The molecule has 3 aromatic rings. The van der Waals surface area contributed by atoms with Crippen molar-refractivity contribution in [2.75, 3.05) is 11.6 Å². The van der Waals surface area contributed by atoms with Crippen molar-refractivity contribution >= 4 is 29.3 Å². The van der Waals surface area contributed by atoms with E-state index < -0.39 is 22.6 Å². The zero-order valence-electron chi connectivity index (χ0n) is 16.2. The predicted octanol–water partition coefficient (Wildman–Crippen LogP) is 1.17. The number of aromatic nitrogens is 3. The number of nitro groups is 1. The van der Waals surface area contributed by atoms with Gasteiger partial charge in [-0.2, -0.15) is 0 Å². The second-order valence-corrected chi connectivity index (χ2v) is 7.03. The summed E-state index contributed by atoms with van der Waals surface area (Å²) in [6.45, 7) is -0.142. The van der Waals surface area contributed by atoms with Gasteiger partial charge < -0.3 is 10.6 Å². The first-order chi connectivity index (χ1) is 15.3. The Morgan fingerprint density at radius 3 is 2.72 bits per heavy atom. The molecule has 0 aliphatic carbocycles. The summed E-state index contributed by atoms with van der Waals surface area (Å²) in [6, 6.07) is 10.9. The molecular weight excluding hydrogens is 445 g/mol. The number of ether oxygens (including phenoxy) is 1. The standard InChI is InChI=1S/C18H16FN7O5S/c19-13-6-1-2-7-14(13)31-9-15-21-24-18(25(15)20)32-10-16(27)22-23-17(28)11-4-3-5-12(8-11)26(29)30/h1-8H,9-10,20H2,(H,22,27)(H,23,28). The smallest absolute Gasteiger partial charge is 0.270 e. The van der Waals surface area contributed by atoms with Gasteiger partial charge in [-0.15, -0.1) is 10.2 Å². The molecule has 32 heavy (non-hydrogen) atoms. The van der Waals surface area contributed by atoms with Gasteiger partial charge in [0.15, 0.2) is 17.4 Å². The Balaban J connectivity index is 1.48. The maximum absolute atomic E-state index is 13.6. The van der Waals surface area contributed by atoms with E-state index in [-0.39, 0.29) is 40.3 Å². The number of nitrogens with zero attached hydrogens (tertiary/aromatic N) is 4. The maximum atomic E-state index is 13.6. The van der Waals surface area contributed by atoms with E-state index in [2.05, 4.69) is 21.0 Å². The first-order valence-electron chi connectivity index (χ1n) is 8.88. The lowest BCUT2D eigenvalue weighted by molar-refractivity contribution is -0.384. The van der Waals surface area contributed by atoms with Crippen LogP contribution < -0.4 is 21.4 Å². The molecule has 0 saturated heterocycles. The predicted molar refractivity (Wildman–Crippen MR) is 110 cm³/mol. The summed E-state index contributed by atoms with van der Waals surface area (Å²) in [7, 11) is 0. The molecule has 2 aromatic carbocycles. The van der Waals surface area contributed by atoms with E-state index >= 15 is 0 Å². The Labute approximate surface area is 184 Å². The Morgan fingerprint density at radius 2 is 1.97 bits per heavy atom. The van der Waals surface area contributed by atoms with Crippen molar-refractivity contribution in [1.29, 1.82) is 0 Å². The van der Waals surface area contributed by atoms with Gasteiger partial charge in [0.1, 0.15) is 6.61 Å². The van der Waals surface area contributed by atoms with E-state index in [0.29, 0.717) is 0 Å². The first-order valence-corrected chi connectivity index (χ1v) is 9.87. The van der Waals surface area contributed by atoms with Crippen LogP contribution in [0.2, 0.25) is 0 Å². The van der Waals surface area contributed by atoms with E-state index in [1.54, 1.807) is 6.07 Å². The number of hydrazine groups is 1. The maximum Gasteiger partial charge on any atom is 0.270 e. The van der Waals surface area contributed by atoms with Crippen molar-refractivity contribution in [3.05, 3.63) is 75.9 Å². The summed E-state index contributed by atoms with van der Waals surface area (Å²) in [5, 5.41) is 18.6. The van der Waals surface area contributed by atoms with E-state index in [1.807, 2.05) is 0 Å². The molecule has 0 saturated carbocycles. The van der Waals surface area contributed by atoms with Crippen LogP contribution >= 0.6 is 11.8 Å². The highest BCUT2D eigenvalue weighted by atomic mass is 32.2. The number of carbonyl (C=O) groups is 2. The third-order valence-electron chi connectivity index (χ3n) is 3.90. The van der Waals surface area contributed by atoms with E-state index in [9.17, 15) is 24.1 Å². The van der Waals surface area contributed by atoms with Gasteiger partial charge in [-0.3, -0.25) is 30.6 Å². The summed E-state index contributed by atoms with van der Waals surface area (Å²) < 4.78 is 20.0. The molecule has 2 amide bonds. The average molecular weight is 461 g/mol. The van der Waals surface area contributed by atoms with Crippen LogP contribution in [0.3, 0.4) is 0 Å². The highest BCUT2D eigenvalue weighted by Crippen LogP contribution is 2.18. The van der Waals surface area contributed by atoms with Crippen molar-refractivity contribution in [2.45, 2.75) is 11.8 Å². The number of benzene rings is 2. The van der Waals surface area contributed by atoms with Gasteiger partial charge in [0.2, 0.25) is 11.1 Å². The summed E-state index contributed by atoms with van der Waals surface area (Å²) in [4.78, 5) is 34.1. The van der Waals surface area contributed by atoms with Gasteiger partial charge in [-0.05, 0) is 18.2 Å². The van der Waals surface area contributed by atoms with Gasteiger partial charge in [0.05, 0.1) is 10.7 Å². The lowest BCUT2D eigenvalue weighted by Gasteiger charge is -2.08. The van der Waals surface area contributed by atoms with Crippen LogP contribution in [0.1, 0.15) is 16.2 Å². The van der Waals surface area contributed by atoms with Crippen molar-refractivity contribution in [1.82, 2.24) is 25.7 Å². The lowest BCUT2D eigenvalue weighted by Crippen LogP contribution is -2.42. The zero-order chi connectivity index (χ0) is 23.1. The molecule has 0 aliphatic heterocycles. The normalized spacial score (nSPS) is 10.4. The van der Waals surface area contributed by atoms with Crippen molar-refractivity contribution in [2.24, 2.45) is 0 Å². The van der Waals surface area contributed by atoms with E-state index in [0.717, 1.165) is 22.5 Å². The highest BCUT2D eigenvalue weighted by molar-refractivity contribution is 7.99. The molecule has 14 heteroatoms. The number of nitrogen functional groups attached to an aromatic ring is 1. The second kappa shape index (κ2) is 10.2. The number of rotatable bonds is 8. The Bertz CT molecular complexity index is 1160. The number of thioether (sulfide) groups is 1. The number of amides is 2. The summed E-state index contributed by atoms with van der Waals surface area (Å²) >= 11 is 0.937. The van der Waals surface area contributed by atoms with Crippen LogP contribution in [0.25, 0.3) is 0 Å². The third kappa shape index (κ3) is 5.69. The molecule has 3 rings (SSSR count). The molecule has 1 aromatic heterocycles. The number of carbonyl (C=O) groups excluding carboxylic acids is 2. The van der Waals surface area contributed by atoms with E-state index in [1.165, 1.54) is 36.4 Å². The third-order valence-corrected chi connectivity index (χ3v) is 4.84. The molecule has 0 unspecified atom stereocenters. The fourth-order valence-corrected chi connectivity index (χ4v) is 3.01. The van der Waals surface area contributed by atoms with Crippen LogP contribution in [0.15, 0.2) is 53.7 Å². The number of nitrogens with two attached hydrogens (primary N) is 1. The van der Waals surface area contributed by atoms with Crippen molar-refractivity contribution < 1.29 is 23.6 Å². The Kier molecular flexibility index (Phi) is 7.17. The molecule has 0 atom stereocenters. The Hall–Kier alpha value is -4.20. The number of halogens is 1. The number of nitro benzene ring substituents is 1. The van der Waals surface area contributed by atoms with Crippen LogP contribution in [0.5, 0.6) is 5.75 Å². The van der Waals surface area contributed by atoms with E-state index in [4.69, 9.17) is 10.6 Å². The van der Waals surface area contributed by atoms with Gasteiger partial charge in [0, 0.05) is 17.7 Å². The molecule has 12 nitrogen and oxygen atoms in total. The average Bonchev–Trinajstić information content (AvgIpc) is 3.14. The fraction of sp³-hybridized carbons (Fsp3) is 0.111. The minimum absolute atomic E-state index is 0.00773. The minimum Gasteiger partial charge on any atom is -0.482 e. The molecule has 1 heterocycles. The Morgan fingerprint density at radius 1 is 1.19 bits per heavy atom. The number of hydrogen-bond acceptors (Lipinski definition) is 9. The van der Waals surface area contributed by atoms with Gasteiger partial charge in [0.25, 0.3) is 11.6 Å². The summed E-state index contributed by atoms with van der Waals surface area (Å²) in [5.74, 6) is 4.10. The highest BCUT2D eigenvalue weighted by Gasteiger charge is 2.15. The number of non-ortho nitro benzene ring substituents is 1. The first kappa shape index (κ1) is 22.5. The quantitative estimate of drug-likeness (QED) is 0.193. The minimum atomic E-state index is -0.721. The molecule has 0 radical (unpaired) electrons. The van der Waals surface area contributed by atoms with Crippen LogP contribution in [0, 0.1) is 15.9 Å². The molecule has 0 fully saturated rings. The summed E-state index contributed by atoms with van der Waals surface area (Å²) in [6.07, 6.45) is 0. The molecule has 0 bridgehead atoms. The number of para-hydroxylation sites is 1. The van der Waals surface area contributed by atoms with Crippen LogP contribution in [-0.4, -0.2) is 37.4 Å². The van der Waals surface area contributed by atoms with Crippen molar-refractivity contribution in [3.63, 3.8) is 0 Å². The topological polar surface area (TPSA) is 167 Å². The zero-order valence-corrected chi connectivity index (χ0v) is 17.0. The molecule has 166 valence electrons. The molecule has 4 N–H and O–H groups in total. The SMILES string of the molecule is Nn1c(COc2ccccc2F)nnc1SCC(=O)NNC(=O)c1cccc([N+](=O)[O-])c1. The second-order valence-electron chi connectivity index (χ2n) is 6.09. The number of hydrogen-bond donors (Lipinski definition) is 3. The molecular formula is C18H16FN7O5S. The van der Waals surface area contributed by atoms with Crippen molar-refractivity contribution in [3.8, 4) is 5.75 Å². The van der Waals surface area contributed by atoms with Gasteiger partial charge in [-0.25, -0.2) is 9.07 Å². The van der Waals surface area contributed by atoms with Crippen LogP contribution in [0.4, 0.5) is 10.1 Å². The van der Waals surface area contributed by atoms with Gasteiger partial charge >= 0.3 is 0 Å². The monoisotopic (exact) mass is 461 g/mol. The molecule has 0 spiro atoms. The van der Waals surface area contributed by atoms with Crippen LogP contribution in [-0.2, 0) is 11.4 Å². The largest absolute Gasteiger partial charge is 0.482 e. The molecule has 0 aliphatic rings. The summed E-state index contributed by atoms with van der Waals surface area (Å²) in [5.41, 5.74) is 4.10. The number of nitrogens with one attached hydrogen (secondary N) is 2. The lowest BCUT2D eigenvalue weighted by atomic mass is 10.2. The van der Waals surface area contributed by atoms with Gasteiger partial charge in [-0.1, -0.05) is 30.0 Å². The fourth-order valence-electron chi connectivity index (χ4n) is 2.33.